The number of aryl methyl sites for hydroxylation is 2. The first-order chi connectivity index (χ1) is 20.6. The van der Waals surface area contributed by atoms with Crippen LogP contribution in [0.4, 0.5) is 17.1 Å². The Kier molecular flexibility index (Phi) is 15.1. The van der Waals surface area contributed by atoms with Crippen molar-refractivity contribution in [3.05, 3.63) is 66.0 Å². The fourth-order valence-corrected chi connectivity index (χ4v) is 5.08. The molecule has 0 saturated carbocycles. The number of anilines is 3. The lowest BCUT2D eigenvalue weighted by atomic mass is 10.1. The summed E-state index contributed by atoms with van der Waals surface area (Å²) in [5, 5.41) is 0. The van der Waals surface area contributed by atoms with Gasteiger partial charge in [-0.25, -0.2) is 0 Å². The summed E-state index contributed by atoms with van der Waals surface area (Å²) in [6, 6.07) is 16.9. The van der Waals surface area contributed by atoms with Crippen molar-refractivity contribution in [3.8, 4) is 17.2 Å². The van der Waals surface area contributed by atoms with Crippen LogP contribution in [-0.4, -0.2) is 24.8 Å². The Labute approximate surface area is 255 Å². The van der Waals surface area contributed by atoms with Gasteiger partial charge in [-0.2, -0.15) is 0 Å². The lowest BCUT2D eigenvalue weighted by Gasteiger charge is -2.29. The second-order valence-electron chi connectivity index (χ2n) is 11.3. The van der Waals surface area contributed by atoms with E-state index in [1.54, 1.807) is 0 Å². The average Bonchev–Trinajstić information content (AvgIpc) is 2.99. The van der Waals surface area contributed by atoms with Gasteiger partial charge in [0.2, 0.25) is 0 Å². The lowest BCUT2D eigenvalue weighted by Crippen LogP contribution is -2.14. The molecule has 0 spiro atoms. The van der Waals surface area contributed by atoms with Crippen molar-refractivity contribution in [2.75, 3.05) is 24.7 Å². The first kappa shape index (κ1) is 33.3. The van der Waals surface area contributed by atoms with Crippen LogP contribution in [0.5, 0.6) is 17.2 Å². The van der Waals surface area contributed by atoms with E-state index in [2.05, 4.69) is 86.1 Å². The molecule has 5 nitrogen and oxygen atoms in total. The summed E-state index contributed by atoms with van der Waals surface area (Å²) < 4.78 is 18.8. The van der Waals surface area contributed by atoms with E-state index in [1.165, 1.54) is 57.8 Å². The highest BCUT2D eigenvalue weighted by molar-refractivity contribution is 5.82. The van der Waals surface area contributed by atoms with E-state index in [0.29, 0.717) is 6.61 Å². The Balaban J connectivity index is 1.93. The fourth-order valence-electron chi connectivity index (χ4n) is 5.08. The fraction of sp³-hybridized carbons (Fsp3) is 0.541. The van der Waals surface area contributed by atoms with Gasteiger partial charge in [0.15, 0.2) is 0 Å². The van der Waals surface area contributed by atoms with E-state index in [4.69, 9.17) is 14.2 Å². The third kappa shape index (κ3) is 10.9. The average molecular weight is 575 g/mol. The molecule has 0 saturated heterocycles. The minimum absolute atomic E-state index is 0.681. The molecule has 1 heterocycles. The lowest BCUT2D eigenvalue weighted by molar-refractivity contribution is 0.291. The number of hydrogen-bond donors (Lipinski definition) is 0. The molecule has 0 fully saturated rings. The maximum absolute atomic E-state index is 6.51. The molecule has 0 aliphatic carbocycles. The predicted molar refractivity (Wildman–Crippen MR) is 177 cm³/mol. The van der Waals surface area contributed by atoms with Gasteiger partial charge in [0.1, 0.15) is 17.2 Å². The van der Waals surface area contributed by atoms with Crippen molar-refractivity contribution < 1.29 is 14.2 Å². The Morgan fingerprint density at radius 2 is 1.12 bits per heavy atom. The molecule has 0 bridgehead atoms. The smallest absolute Gasteiger partial charge is 0.146 e. The second-order valence-corrected chi connectivity index (χ2v) is 11.3. The Hall–Kier alpha value is -3.21. The number of rotatable bonds is 21. The number of ether oxygens (including phenoxy) is 3. The van der Waals surface area contributed by atoms with Crippen LogP contribution < -0.4 is 19.1 Å². The van der Waals surface area contributed by atoms with Gasteiger partial charge in [0.05, 0.1) is 25.5 Å². The summed E-state index contributed by atoms with van der Waals surface area (Å²) in [5.74, 6) is 2.61. The molecule has 0 aliphatic heterocycles. The van der Waals surface area contributed by atoms with Gasteiger partial charge in [-0.3, -0.25) is 4.98 Å². The number of benzene rings is 2. The highest BCUT2D eigenvalue weighted by Crippen LogP contribution is 2.43. The van der Waals surface area contributed by atoms with Gasteiger partial charge in [0, 0.05) is 29.3 Å². The number of hydrogen-bond acceptors (Lipinski definition) is 5. The van der Waals surface area contributed by atoms with Crippen LogP contribution in [0.3, 0.4) is 0 Å². The van der Waals surface area contributed by atoms with E-state index >= 15 is 0 Å². The molecule has 3 rings (SSSR count). The number of pyridine rings is 1. The molecule has 0 radical (unpaired) electrons. The molecule has 0 atom stereocenters. The number of nitrogens with zero attached hydrogens (tertiary/aromatic N) is 2. The molecule has 5 heteroatoms. The summed E-state index contributed by atoms with van der Waals surface area (Å²) in [6.45, 7) is 13.0. The van der Waals surface area contributed by atoms with E-state index in [9.17, 15) is 0 Å². The van der Waals surface area contributed by atoms with Crippen LogP contribution in [0.2, 0.25) is 0 Å². The van der Waals surface area contributed by atoms with Crippen LogP contribution in [0, 0.1) is 13.8 Å². The predicted octanol–water partition coefficient (Wildman–Crippen LogP) is 11.0. The van der Waals surface area contributed by atoms with Crippen molar-refractivity contribution >= 4 is 17.1 Å². The SMILES string of the molecule is CCCCCCOc1ccc(N(c2ccnc(C)c2)c2ccc(OCCCCCC)cc2OCCCCCC)c(C)c1. The molecule has 42 heavy (non-hydrogen) atoms. The van der Waals surface area contributed by atoms with E-state index < -0.39 is 0 Å². The normalized spacial score (nSPS) is 11.0. The summed E-state index contributed by atoms with van der Waals surface area (Å²) >= 11 is 0. The second kappa shape index (κ2) is 19.1. The largest absolute Gasteiger partial charge is 0.494 e. The molecule has 2 aromatic carbocycles. The quantitative estimate of drug-likeness (QED) is 0.118. The zero-order chi connectivity index (χ0) is 30.0. The monoisotopic (exact) mass is 574 g/mol. The molecule has 230 valence electrons. The molecule has 0 N–H and O–H groups in total. The van der Waals surface area contributed by atoms with E-state index in [-0.39, 0.29) is 0 Å². The summed E-state index contributed by atoms with van der Waals surface area (Å²) in [4.78, 5) is 6.75. The minimum Gasteiger partial charge on any atom is -0.494 e. The topological polar surface area (TPSA) is 43.8 Å². The van der Waals surface area contributed by atoms with Crippen molar-refractivity contribution in [2.24, 2.45) is 0 Å². The molecule has 3 aromatic rings. The Morgan fingerprint density at radius 3 is 1.67 bits per heavy atom. The third-order valence-electron chi connectivity index (χ3n) is 7.51. The van der Waals surface area contributed by atoms with Crippen molar-refractivity contribution in [1.29, 1.82) is 0 Å². The summed E-state index contributed by atoms with van der Waals surface area (Å²) in [5.41, 5.74) is 5.23. The highest BCUT2D eigenvalue weighted by atomic mass is 16.5. The van der Waals surface area contributed by atoms with Crippen LogP contribution in [-0.2, 0) is 0 Å². The number of unbranched alkanes of at least 4 members (excludes halogenated alkanes) is 9. The van der Waals surface area contributed by atoms with Gasteiger partial charge in [0.25, 0.3) is 0 Å². The summed E-state index contributed by atoms with van der Waals surface area (Å²) in [6.07, 6.45) is 16.0. The zero-order valence-electron chi connectivity index (χ0n) is 26.9. The van der Waals surface area contributed by atoms with E-state index in [1.807, 2.05) is 13.1 Å². The molecular formula is C37H54N2O3. The van der Waals surface area contributed by atoms with Crippen molar-refractivity contribution in [1.82, 2.24) is 4.98 Å². The molecular weight excluding hydrogens is 520 g/mol. The first-order valence-corrected chi connectivity index (χ1v) is 16.4. The van der Waals surface area contributed by atoms with Crippen molar-refractivity contribution in [2.45, 2.75) is 112 Å². The van der Waals surface area contributed by atoms with Gasteiger partial charge in [-0.05, 0) is 81.1 Å². The van der Waals surface area contributed by atoms with Gasteiger partial charge in [-0.1, -0.05) is 78.6 Å². The van der Waals surface area contributed by atoms with Gasteiger partial charge < -0.3 is 19.1 Å². The minimum atomic E-state index is 0.681. The first-order valence-electron chi connectivity index (χ1n) is 16.4. The molecule has 0 amide bonds. The van der Waals surface area contributed by atoms with Crippen LogP contribution in [0.1, 0.15) is 109 Å². The maximum atomic E-state index is 6.51. The summed E-state index contributed by atoms with van der Waals surface area (Å²) in [7, 11) is 0. The van der Waals surface area contributed by atoms with Gasteiger partial charge >= 0.3 is 0 Å². The zero-order valence-corrected chi connectivity index (χ0v) is 26.9. The molecule has 1 aromatic heterocycles. The van der Waals surface area contributed by atoms with Crippen LogP contribution in [0.15, 0.2) is 54.7 Å². The van der Waals surface area contributed by atoms with Gasteiger partial charge in [-0.15, -0.1) is 0 Å². The Bertz CT molecular complexity index is 1180. The van der Waals surface area contributed by atoms with Crippen LogP contribution >= 0.6 is 0 Å². The highest BCUT2D eigenvalue weighted by Gasteiger charge is 2.20. The van der Waals surface area contributed by atoms with Crippen molar-refractivity contribution in [3.63, 3.8) is 0 Å². The molecule has 0 unspecified atom stereocenters. The number of aromatic nitrogens is 1. The maximum Gasteiger partial charge on any atom is 0.146 e. The standard InChI is InChI=1S/C37H54N2O3/c1-6-9-12-15-24-40-33-18-20-35(30(4)27-33)39(32-22-23-38-31(5)28-32)36-21-19-34(41-25-16-13-10-7-2)29-37(36)42-26-17-14-11-8-3/h18-23,27-29H,6-17,24-26H2,1-5H3. The Morgan fingerprint density at radius 1 is 0.571 bits per heavy atom. The molecule has 0 aliphatic rings. The third-order valence-corrected chi connectivity index (χ3v) is 7.51. The van der Waals surface area contributed by atoms with Crippen LogP contribution in [0.25, 0.3) is 0 Å². The van der Waals surface area contributed by atoms with E-state index in [0.717, 1.165) is 78.0 Å².